The Labute approximate surface area is 192 Å². The van der Waals surface area contributed by atoms with Crippen molar-refractivity contribution in [2.75, 3.05) is 26.2 Å². The normalized spacial score (nSPS) is 25.3. The Morgan fingerprint density at radius 2 is 1.64 bits per heavy atom. The molecular formula is C26H28N2O5. The molecule has 33 heavy (non-hydrogen) atoms. The van der Waals surface area contributed by atoms with Crippen LogP contribution in [0.2, 0.25) is 0 Å². The third-order valence-corrected chi connectivity index (χ3v) is 7.33. The molecule has 172 valence electrons. The molecule has 2 unspecified atom stereocenters. The summed E-state index contributed by atoms with van der Waals surface area (Å²) in [4.78, 5) is 38.0. The quantitative estimate of drug-likeness (QED) is 0.707. The molecule has 2 fully saturated rings. The fourth-order valence-electron chi connectivity index (χ4n) is 5.34. The lowest BCUT2D eigenvalue weighted by molar-refractivity contribution is -0.142. The van der Waals surface area contributed by atoms with E-state index in [1.165, 1.54) is 22.3 Å². The first-order valence-electron chi connectivity index (χ1n) is 11.5. The van der Waals surface area contributed by atoms with Crippen LogP contribution >= 0.6 is 0 Å². The van der Waals surface area contributed by atoms with Crippen molar-refractivity contribution in [3.63, 3.8) is 0 Å². The summed E-state index contributed by atoms with van der Waals surface area (Å²) in [5.74, 6) is -1.42. The standard InChI is InChI=1S/C26H28N2O5/c1-15-12-28(13-22(15)25(30)31)24(29)21-10-16(21)11-27-26(32)33-14-23-19-8-4-2-6-17(19)18-7-3-5-9-20(18)23/h2-9,15-16,21-23H,10-14H2,1H3,(H,27,32)(H,30,31)/t15?,16-,21-,22?/m1/s1. The topological polar surface area (TPSA) is 95.9 Å². The molecule has 2 aliphatic carbocycles. The Bertz CT molecular complexity index is 1050. The van der Waals surface area contributed by atoms with Crippen molar-refractivity contribution in [2.24, 2.45) is 23.7 Å². The summed E-state index contributed by atoms with van der Waals surface area (Å²) in [5, 5.41) is 12.1. The molecule has 1 heterocycles. The fourth-order valence-corrected chi connectivity index (χ4v) is 5.34. The zero-order valence-electron chi connectivity index (χ0n) is 18.6. The maximum atomic E-state index is 12.7. The molecule has 1 aliphatic heterocycles. The van der Waals surface area contributed by atoms with Crippen LogP contribution < -0.4 is 5.32 Å². The monoisotopic (exact) mass is 448 g/mol. The van der Waals surface area contributed by atoms with Gasteiger partial charge in [-0.1, -0.05) is 55.5 Å². The number of aliphatic carboxylic acids is 1. The number of hydrogen-bond acceptors (Lipinski definition) is 4. The highest BCUT2D eigenvalue weighted by atomic mass is 16.5. The largest absolute Gasteiger partial charge is 0.481 e. The number of hydrogen-bond donors (Lipinski definition) is 2. The van der Waals surface area contributed by atoms with Crippen LogP contribution in [0.1, 0.15) is 30.4 Å². The number of carboxylic acids is 1. The lowest BCUT2D eigenvalue weighted by Gasteiger charge is -2.16. The number of amides is 2. The fraction of sp³-hybridized carbons (Fsp3) is 0.423. The van der Waals surface area contributed by atoms with Crippen LogP contribution in [0, 0.1) is 23.7 Å². The van der Waals surface area contributed by atoms with Crippen LogP contribution in [0.4, 0.5) is 4.79 Å². The molecule has 2 aromatic rings. The SMILES string of the molecule is CC1CN(C(=O)[C@@H]2C[C@@H]2CNC(=O)OCC2c3ccccc3-c3ccccc32)CC1C(=O)O. The Hall–Kier alpha value is -3.35. The Morgan fingerprint density at radius 3 is 2.24 bits per heavy atom. The molecule has 2 aromatic carbocycles. The van der Waals surface area contributed by atoms with E-state index in [9.17, 15) is 19.5 Å². The van der Waals surface area contributed by atoms with E-state index in [1.54, 1.807) is 4.90 Å². The molecule has 1 saturated heterocycles. The molecule has 7 heteroatoms. The first-order valence-corrected chi connectivity index (χ1v) is 11.5. The maximum Gasteiger partial charge on any atom is 0.407 e. The highest BCUT2D eigenvalue weighted by Crippen LogP contribution is 2.44. The first kappa shape index (κ1) is 21.5. The van der Waals surface area contributed by atoms with Crippen LogP contribution in [0.25, 0.3) is 11.1 Å². The number of likely N-dealkylation sites (tertiary alicyclic amines) is 1. The van der Waals surface area contributed by atoms with Gasteiger partial charge in [0.25, 0.3) is 0 Å². The van der Waals surface area contributed by atoms with Crippen molar-refractivity contribution < 1.29 is 24.2 Å². The number of nitrogens with zero attached hydrogens (tertiary/aromatic N) is 1. The second-order valence-corrected chi connectivity index (χ2v) is 9.47. The van der Waals surface area contributed by atoms with Crippen LogP contribution in [0.3, 0.4) is 0 Å². The molecular weight excluding hydrogens is 420 g/mol. The van der Waals surface area contributed by atoms with Gasteiger partial charge in [-0.15, -0.1) is 0 Å². The summed E-state index contributed by atoms with van der Waals surface area (Å²) in [5.41, 5.74) is 4.70. The zero-order chi connectivity index (χ0) is 23.1. The Balaban J connectivity index is 1.10. The molecule has 0 radical (unpaired) electrons. The van der Waals surface area contributed by atoms with Crippen LogP contribution in [-0.4, -0.2) is 54.2 Å². The van der Waals surface area contributed by atoms with E-state index in [1.807, 2.05) is 31.2 Å². The highest BCUT2D eigenvalue weighted by Gasteiger charge is 2.48. The molecule has 3 aliphatic rings. The van der Waals surface area contributed by atoms with Gasteiger partial charge in [-0.2, -0.15) is 0 Å². The van der Waals surface area contributed by atoms with Crippen molar-refractivity contribution in [1.82, 2.24) is 10.2 Å². The third-order valence-electron chi connectivity index (χ3n) is 7.33. The number of fused-ring (bicyclic) bond motifs is 3. The number of nitrogens with one attached hydrogen (secondary N) is 1. The summed E-state index contributed by atoms with van der Waals surface area (Å²) in [6.07, 6.45) is 0.237. The summed E-state index contributed by atoms with van der Waals surface area (Å²) in [6.45, 7) is 3.28. The van der Waals surface area contributed by atoms with Crippen molar-refractivity contribution in [1.29, 1.82) is 0 Å². The van der Waals surface area contributed by atoms with Crippen LogP contribution in [0.15, 0.2) is 48.5 Å². The van der Waals surface area contributed by atoms with E-state index in [0.29, 0.717) is 19.5 Å². The van der Waals surface area contributed by atoms with Gasteiger partial charge >= 0.3 is 12.1 Å². The van der Waals surface area contributed by atoms with Gasteiger partial charge in [-0.25, -0.2) is 4.79 Å². The molecule has 0 bridgehead atoms. The predicted octanol–water partition coefficient (Wildman–Crippen LogP) is 3.34. The minimum Gasteiger partial charge on any atom is -0.481 e. The molecule has 2 amide bonds. The third kappa shape index (κ3) is 4.08. The van der Waals surface area contributed by atoms with Crippen molar-refractivity contribution in [3.8, 4) is 11.1 Å². The molecule has 4 atom stereocenters. The van der Waals surface area contributed by atoms with Gasteiger partial charge in [0, 0.05) is 31.5 Å². The number of ether oxygens (including phenoxy) is 1. The van der Waals surface area contributed by atoms with Gasteiger partial charge in [0.1, 0.15) is 6.61 Å². The number of carbonyl (C=O) groups is 3. The molecule has 7 nitrogen and oxygen atoms in total. The van der Waals surface area contributed by atoms with Gasteiger partial charge in [0.05, 0.1) is 5.92 Å². The van der Waals surface area contributed by atoms with Crippen LogP contribution in [-0.2, 0) is 14.3 Å². The molecule has 0 aromatic heterocycles. The summed E-state index contributed by atoms with van der Waals surface area (Å²) >= 11 is 0. The van der Waals surface area contributed by atoms with E-state index < -0.39 is 18.0 Å². The molecule has 0 spiro atoms. The van der Waals surface area contributed by atoms with Gasteiger partial charge in [0.15, 0.2) is 0 Å². The van der Waals surface area contributed by atoms with Gasteiger partial charge in [-0.3, -0.25) is 9.59 Å². The minimum absolute atomic E-state index is 0.00457. The van der Waals surface area contributed by atoms with Crippen molar-refractivity contribution in [3.05, 3.63) is 59.7 Å². The van der Waals surface area contributed by atoms with Gasteiger partial charge in [-0.05, 0) is 40.5 Å². The van der Waals surface area contributed by atoms with E-state index in [2.05, 4.69) is 29.6 Å². The number of carboxylic acid groups (broad SMARTS) is 1. The number of benzene rings is 2. The summed E-state index contributed by atoms with van der Waals surface area (Å²) < 4.78 is 5.56. The lowest BCUT2D eigenvalue weighted by Crippen LogP contribution is -2.33. The average Bonchev–Trinajstić information content (AvgIpc) is 3.38. The second-order valence-electron chi connectivity index (χ2n) is 9.47. The molecule has 2 N–H and O–H groups in total. The Kier molecular flexibility index (Phi) is 5.56. The van der Waals surface area contributed by atoms with Crippen LogP contribution in [0.5, 0.6) is 0 Å². The van der Waals surface area contributed by atoms with Crippen molar-refractivity contribution >= 4 is 18.0 Å². The van der Waals surface area contributed by atoms with E-state index >= 15 is 0 Å². The zero-order valence-corrected chi connectivity index (χ0v) is 18.6. The van der Waals surface area contributed by atoms with E-state index in [4.69, 9.17) is 4.74 Å². The average molecular weight is 449 g/mol. The van der Waals surface area contributed by atoms with E-state index in [0.717, 1.165) is 0 Å². The number of carbonyl (C=O) groups excluding carboxylic acids is 2. The minimum atomic E-state index is -0.845. The number of rotatable bonds is 6. The smallest absolute Gasteiger partial charge is 0.407 e. The summed E-state index contributed by atoms with van der Waals surface area (Å²) in [6, 6.07) is 16.4. The lowest BCUT2D eigenvalue weighted by atomic mass is 9.98. The summed E-state index contributed by atoms with van der Waals surface area (Å²) in [7, 11) is 0. The van der Waals surface area contributed by atoms with E-state index in [-0.39, 0.29) is 42.7 Å². The maximum absolute atomic E-state index is 12.7. The first-order chi connectivity index (χ1) is 15.9. The molecule has 1 saturated carbocycles. The molecule has 5 rings (SSSR count). The second kappa shape index (κ2) is 8.54. The van der Waals surface area contributed by atoms with Crippen molar-refractivity contribution in [2.45, 2.75) is 19.3 Å². The number of alkyl carbamates (subject to hydrolysis) is 1. The highest BCUT2D eigenvalue weighted by molar-refractivity contribution is 5.83. The van der Waals surface area contributed by atoms with Gasteiger partial charge < -0.3 is 20.1 Å². The van der Waals surface area contributed by atoms with Gasteiger partial charge in [0.2, 0.25) is 5.91 Å². The Morgan fingerprint density at radius 1 is 1.00 bits per heavy atom. The predicted molar refractivity (Wildman–Crippen MR) is 122 cm³/mol.